The van der Waals surface area contributed by atoms with Crippen LogP contribution in [0, 0.1) is 0 Å². The second-order valence-corrected chi connectivity index (χ2v) is 6.89. The molecular formula is C13H14BrN3O3S. The van der Waals surface area contributed by atoms with Crippen LogP contribution in [0.5, 0.6) is 5.75 Å². The van der Waals surface area contributed by atoms with Crippen LogP contribution in [-0.4, -0.2) is 25.8 Å². The predicted molar refractivity (Wildman–Crippen MR) is 85.7 cm³/mol. The SMILES string of the molecule is Nc1ccc(OCCS(=O)(=O)Nc2ccncc2Br)cc1. The Morgan fingerprint density at radius 2 is 1.95 bits per heavy atom. The highest BCUT2D eigenvalue weighted by Gasteiger charge is 2.12. The summed E-state index contributed by atoms with van der Waals surface area (Å²) in [6.45, 7) is 0.0436. The van der Waals surface area contributed by atoms with Gasteiger partial charge in [-0.1, -0.05) is 0 Å². The zero-order chi connectivity index (χ0) is 15.3. The van der Waals surface area contributed by atoms with Crippen molar-refractivity contribution in [1.29, 1.82) is 0 Å². The van der Waals surface area contributed by atoms with Gasteiger partial charge in [-0.25, -0.2) is 8.42 Å². The van der Waals surface area contributed by atoms with Crippen LogP contribution < -0.4 is 15.2 Å². The third-order valence-corrected chi connectivity index (χ3v) is 4.41. The lowest BCUT2D eigenvalue weighted by molar-refractivity contribution is 0.341. The number of nitrogens with two attached hydrogens (primary N) is 1. The van der Waals surface area contributed by atoms with Gasteiger partial charge in [-0.05, 0) is 46.3 Å². The van der Waals surface area contributed by atoms with E-state index in [1.165, 1.54) is 12.4 Å². The van der Waals surface area contributed by atoms with Crippen LogP contribution in [0.2, 0.25) is 0 Å². The largest absolute Gasteiger partial charge is 0.492 e. The summed E-state index contributed by atoms with van der Waals surface area (Å²) in [5.74, 6) is 0.413. The summed E-state index contributed by atoms with van der Waals surface area (Å²) < 4.78 is 32.3. The molecule has 6 nitrogen and oxygen atoms in total. The summed E-state index contributed by atoms with van der Waals surface area (Å²) in [5, 5.41) is 0. The zero-order valence-electron chi connectivity index (χ0n) is 11.0. The van der Waals surface area contributed by atoms with Gasteiger partial charge in [0.15, 0.2) is 0 Å². The number of hydrogen-bond acceptors (Lipinski definition) is 5. The van der Waals surface area contributed by atoms with Crippen molar-refractivity contribution in [2.24, 2.45) is 0 Å². The number of hydrogen-bond donors (Lipinski definition) is 2. The highest BCUT2D eigenvalue weighted by Crippen LogP contribution is 2.21. The van der Waals surface area contributed by atoms with Crippen LogP contribution >= 0.6 is 15.9 Å². The van der Waals surface area contributed by atoms with Crippen molar-refractivity contribution >= 4 is 37.3 Å². The fourth-order valence-corrected chi connectivity index (χ4v) is 2.91. The first kappa shape index (κ1) is 15.6. The monoisotopic (exact) mass is 371 g/mol. The number of halogens is 1. The zero-order valence-corrected chi connectivity index (χ0v) is 13.4. The van der Waals surface area contributed by atoms with Crippen molar-refractivity contribution < 1.29 is 13.2 Å². The Kier molecular flexibility index (Phi) is 5.03. The van der Waals surface area contributed by atoms with Gasteiger partial charge in [-0.15, -0.1) is 0 Å². The molecule has 1 aromatic carbocycles. The lowest BCUT2D eigenvalue weighted by Gasteiger charge is -2.10. The van der Waals surface area contributed by atoms with Crippen LogP contribution in [0.15, 0.2) is 47.2 Å². The molecule has 2 rings (SSSR count). The number of nitrogen functional groups attached to an aromatic ring is 1. The number of aromatic nitrogens is 1. The maximum atomic E-state index is 11.9. The van der Waals surface area contributed by atoms with E-state index in [0.29, 0.717) is 21.6 Å². The smallest absolute Gasteiger partial charge is 0.236 e. The molecular weight excluding hydrogens is 358 g/mol. The maximum absolute atomic E-state index is 11.9. The van der Waals surface area contributed by atoms with Crippen molar-refractivity contribution in [3.63, 3.8) is 0 Å². The maximum Gasteiger partial charge on any atom is 0.236 e. The first-order chi connectivity index (χ1) is 9.96. The Labute approximate surface area is 131 Å². The number of ether oxygens (including phenoxy) is 1. The lowest BCUT2D eigenvalue weighted by atomic mass is 10.3. The Morgan fingerprint density at radius 3 is 2.62 bits per heavy atom. The molecule has 8 heteroatoms. The van der Waals surface area contributed by atoms with E-state index in [4.69, 9.17) is 10.5 Å². The van der Waals surface area contributed by atoms with E-state index in [1.54, 1.807) is 30.3 Å². The molecule has 0 aliphatic heterocycles. The van der Waals surface area contributed by atoms with Crippen LogP contribution in [0.4, 0.5) is 11.4 Å². The molecule has 0 spiro atoms. The second kappa shape index (κ2) is 6.77. The van der Waals surface area contributed by atoms with Gasteiger partial charge < -0.3 is 10.5 Å². The third kappa shape index (κ3) is 4.91. The Hall–Kier alpha value is -1.80. The quantitative estimate of drug-likeness (QED) is 0.759. The number of anilines is 2. The lowest BCUT2D eigenvalue weighted by Crippen LogP contribution is -2.21. The first-order valence-corrected chi connectivity index (χ1v) is 8.49. The third-order valence-electron chi connectivity index (χ3n) is 2.54. The Balaban J connectivity index is 1.90. The van der Waals surface area contributed by atoms with Gasteiger partial charge in [0.1, 0.15) is 18.1 Å². The summed E-state index contributed by atoms with van der Waals surface area (Å²) in [4.78, 5) is 3.87. The Morgan fingerprint density at radius 1 is 1.24 bits per heavy atom. The van der Waals surface area contributed by atoms with Crippen LogP contribution in [0.1, 0.15) is 0 Å². The molecule has 0 fully saturated rings. The average molecular weight is 372 g/mol. The minimum atomic E-state index is -3.49. The van der Waals surface area contributed by atoms with Gasteiger partial charge >= 0.3 is 0 Å². The fourth-order valence-electron chi connectivity index (χ4n) is 1.51. The van der Waals surface area contributed by atoms with E-state index < -0.39 is 10.0 Å². The van der Waals surface area contributed by atoms with E-state index in [0.717, 1.165) is 0 Å². The number of benzene rings is 1. The van der Waals surface area contributed by atoms with Gasteiger partial charge in [0.25, 0.3) is 0 Å². The minimum Gasteiger partial charge on any atom is -0.492 e. The van der Waals surface area contributed by atoms with Gasteiger partial charge in [0.2, 0.25) is 10.0 Å². The molecule has 0 bridgehead atoms. The number of rotatable bonds is 6. The van der Waals surface area contributed by atoms with Gasteiger partial charge in [-0.2, -0.15) is 0 Å². The van der Waals surface area contributed by atoms with Crippen molar-refractivity contribution in [1.82, 2.24) is 4.98 Å². The Bertz CT molecular complexity index is 705. The molecule has 0 aliphatic carbocycles. The summed E-state index contributed by atoms with van der Waals surface area (Å²) in [7, 11) is -3.49. The topological polar surface area (TPSA) is 94.3 Å². The first-order valence-electron chi connectivity index (χ1n) is 6.05. The van der Waals surface area contributed by atoms with Crippen molar-refractivity contribution in [3.05, 3.63) is 47.2 Å². The fraction of sp³-hybridized carbons (Fsp3) is 0.154. The molecule has 0 saturated carbocycles. The molecule has 2 aromatic rings. The number of nitrogens with zero attached hydrogens (tertiary/aromatic N) is 1. The highest BCUT2D eigenvalue weighted by atomic mass is 79.9. The molecule has 0 atom stereocenters. The van der Waals surface area contributed by atoms with Crippen molar-refractivity contribution in [2.75, 3.05) is 22.8 Å². The summed E-state index contributed by atoms with van der Waals surface area (Å²) in [5.41, 5.74) is 6.62. The van der Waals surface area contributed by atoms with E-state index in [2.05, 4.69) is 25.6 Å². The van der Waals surface area contributed by atoms with Crippen LogP contribution in [-0.2, 0) is 10.0 Å². The van der Waals surface area contributed by atoms with E-state index in [1.807, 2.05) is 0 Å². The minimum absolute atomic E-state index is 0.0436. The summed E-state index contributed by atoms with van der Waals surface area (Å²) in [6, 6.07) is 8.33. The molecule has 0 aliphatic rings. The van der Waals surface area contributed by atoms with E-state index in [-0.39, 0.29) is 12.4 Å². The van der Waals surface area contributed by atoms with Gasteiger partial charge in [0, 0.05) is 18.1 Å². The molecule has 0 amide bonds. The molecule has 1 aromatic heterocycles. The summed E-state index contributed by atoms with van der Waals surface area (Å²) in [6.07, 6.45) is 3.02. The van der Waals surface area contributed by atoms with E-state index in [9.17, 15) is 8.42 Å². The van der Waals surface area contributed by atoms with Crippen LogP contribution in [0.25, 0.3) is 0 Å². The molecule has 0 unspecified atom stereocenters. The normalized spacial score (nSPS) is 11.1. The standard InChI is InChI=1S/C13H14BrN3O3S/c14-12-9-16-6-5-13(12)17-21(18,19)8-7-20-11-3-1-10(15)2-4-11/h1-6,9H,7-8,15H2,(H,16,17). The van der Waals surface area contributed by atoms with Gasteiger partial charge in [-0.3, -0.25) is 9.71 Å². The molecule has 21 heavy (non-hydrogen) atoms. The number of nitrogens with one attached hydrogen (secondary N) is 1. The molecule has 1 heterocycles. The predicted octanol–water partition coefficient (Wildman–Crippen LogP) is 2.25. The molecule has 0 radical (unpaired) electrons. The highest BCUT2D eigenvalue weighted by molar-refractivity contribution is 9.10. The molecule has 112 valence electrons. The summed E-state index contributed by atoms with van der Waals surface area (Å²) >= 11 is 3.23. The number of pyridine rings is 1. The number of sulfonamides is 1. The average Bonchev–Trinajstić information content (AvgIpc) is 2.43. The van der Waals surface area contributed by atoms with Crippen LogP contribution in [0.3, 0.4) is 0 Å². The van der Waals surface area contributed by atoms with Crippen molar-refractivity contribution in [2.45, 2.75) is 0 Å². The second-order valence-electron chi connectivity index (χ2n) is 4.19. The molecule has 0 saturated heterocycles. The van der Waals surface area contributed by atoms with Crippen molar-refractivity contribution in [3.8, 4) is 5.75 Å². The molecule has 3 N–H and O–H groups in total. The van der Waals surface area contributed by atoms with Gasteiger partial charge in [0.05, 0.1) is 10.2 Å². The van der Waals surface area contributed by atoms with E-state index >= 15 is 0 Å².